The molecule has 0 heterocycles. The first-order valence-corrected chi connectivity index (χ1v) is 10.5. The summed E-state index contributed by atoms with van der Waals surface area (Å²) in [6, 6.07) is 6.45. The van der Waals surface area contributed by atoms with Crippen molar-refractivity contribution in [2.75, 3.05) is 11.9 Å². The maximum absolute atomic E-state index is 13.4. The van der Waals surface area contributed by atoms with Crippen LogP contribution in [0.5, 0.6) is 0 Å². The average molecular weight is 532 g/mol. The molecule has 1 saturated carbocycles. The fourth-order valence-corrected chi connectivity index (χ4v) is 4.49. The molecule has 1 fully saturated rings. The normalized spacial score (nSPS) is 19.4. The summed E-state index contributed by atoms with van der Waals surface area (Å²) in [7, 11) is 0. The molecule has 2 amide bonds. The van der Waals surface area contributed by atoms with Gasteiger partial charge in [0.15, 0.2) is 0 Å². The first-order valence-electron chi connectivity index (χ1n) is 9.01. The van der Waals surface area contributed by atoms with Crippen molar-refractivity contribution in [3.05, 3.63) is 62.9 Å². The van der Waals surface area contributed by atoms with Crippen LogP contribution >= 0.6 is 46.4 Å². The highest BCUT2D eigenvalue weighted by Crippen LogP contribution is 2.65. The van der Waals surface area contributed by atoms with E-state index >= 15 is 0 Å². The SMILES string of the molecule is Cc1cc(NC(=O)[C@H]2[C@H](c3ccc(F)c(Cl)c3)C2(Cl)Cl)cc(C(=O)NCC(F)(F)F)c1Cl. The number of nitrogens with one attached hydrogen (secondary N) is 2. The molecule has 12 heteroatoms. The zero-order valence-corrected chi connectivity index (χ0v) is 19.1. The molecule has 2 aromatic rings. The van der Waals surface area contributed by atoms with Gasteiger partial charge in [0.2, 0.25) is 5.91 Å². The van der Waals surface area contributed by atoms with Gasteiger partial charge in [-0.15, -0.1) is 23.2 Å². The Hall–Kier alpha value is -1.74. The summed E-state index contributed by atoms with van der Waals surface area (Å²) in [6.45, 7) is -0.0187. The van der Waals surface area contributed by atoms with Crippen LogP contribution in [0.2, 0.25) is 10.0 Å². The third-order valence-corrected chi connectivity index (χ3v) is 6.59. The van der Waals surface area contributed by atoms with E-state index in [1.165, 1.54) is 25.1 Å². The lowest BCUT2D eigenvalue weighted by Gasteiger charge is -2.13. The third-order valence-electron chi connectivity index (χ3n) is 4.85. The van der Waals surface area contributed by atoms with Gasteiger partial charge >= 0.3 is 6.18 Å². The summed E-state index contributed by atoms with van der Waals surface area (Å²) >= 11 is 24.4. The predicted molar refractivity (Wildman–Crippen MR) is 115 cm³/mol. The van der Waals surface area contributed by atoms with Crippen LogP contribution < -0.4 is 10.6 Å². The molecule has 4 nitrogen and oxygen atoms in total. The second kappa shape index (κ2) is 8.89. The highest BCUT2D eigenvalue weighted by atomic mass is 35.5. The maximum atomic E-state index is 13.4. The van der Waals surface area contributed by atoms with Gasteiger partial charge in [0.25, 0.3) is 5.91 Å². The third kappa shape index (κ3) is 5.25. The minimum atomic E-state index is -4.60. The van der Waals surface area contributed by atoms with Gasteiger partial charge in [-0.05, 0) is 42.3 Å². The van der Waals surface area contributed by atoms with Gasteiger partial charge in [0.1, 0.15) is 16.7 Å². The molecule has 1 aliphatic rings. The van der Waals surface area contributed by atoms with Crippen LogP contribution in [0.1, 0.15) is 27.4 Å². The molecule has 0 aliphatic heterocycles. The second-order valence-corrected chi connectivity index (χ2v) is 9.47. The molecule has 2 aromatic carbocycles. The number of halogens is 8. The van der Waals surface area contributed by atoms with E-state index in [-0.39, 0.29) is 21.3 Å². The Bertz CT molecular complexity index is 1090. The van der Waals surface area contributed by atoms with Crippen molar-refractivity contribution in [3.8, 4) is 0 Å². The zero-order chi connectivity index (χ0) is 24.0. The van der Waals surface area contributed by atoms with E-state index in [0.717, 1.165) is 12.1 Å². The second-order valence-electron chi connectivity index (χ2n) is 7.25. The predicted octanol–water partition coefficient (Wildman–Crippen LogP) is 6.26. The smallest absolute Gasteiger partial charge is 0.343 e. The van der Waals surface area contributed by atoms with Gasteiger partial charge in [-0.1, -0.05) is 29.3 Å². The Morgan fingerprint density at radius 1 is 1.12 bits per heavy atom. The Kier molecular flexibility index (Phi) is 6.92. The number of carbonyl (C=O) groups excluding carboxylic acids is 2. The van der Waals surface area contributed by atoms with Crippen molar-refractivity contribution in [2.24, 2.45) is 5.92 Å². The van der Waals surface area contributed by atoms with E-state index in [1.54, 1.807) is 5.32 Å². The topological polar surface area (TPSA) is 58.2 Å². The Morgan fingerprint density at radius 3 is 2.38 bits per heavy atom. The summed E-state index contributed by atoms with van der Waals surface area (Å²) in [5.41, 5.74) is 0.677. The lowest BCUT2D eigenvalue weighted by molar-refractivity contribution is -0.123. The van der Waals surface area contributed by atoms with Gasteiger partial charge < -0.3 is 10.6 Å². The van der Waals surface area contributed by atoms with E-state index in [4.69, 9.17) is 46.4 Å². The van der Waals surface area contributed by atoms with Gasteiger partial charge in [-0.3, -0.25) is 9.59 Å². The van der Waals surface area contributed by atoms with E-state index in [2.05, 4.69) is 5.32 Å². The number of carbonyl (C=O) groups is 2. The molecule has 172 valence electrons. The van der Waals surface area contributed by atoms with Crippen molar-refractivity contribution < 1.29 is 27.2 Å². The molecule has 0 radical (unpaired) electrons. The first kappa shape index (κ1) is 24.9. The number of amides is 2. The van der Waals surface area contributed by atoms with Crippen molar-refractivity contribution in [1.29, 1.82) is 0 Å². The minimum absolute atomic E-state index is 0.0584. The fraction of sp³-hybridized carbons (Fsp3) is 0.300. The molecule has 0 unspecified atom stereocenters. The summed E-state index contributed by atoms with van der Waals surface area (Å²) in [5.74, 6) is -3.90. The van der Waals surface area contributed by atoms with Crippen LogP contribution in [0.15, 0.2) is 30.3 Å². The van der Waals surface area contributed by atoms with Gasteiger partial charge in [-0.2, -0.15) is 13.2 Å². The van der Waals surface area contributed by atoms with Crippen LogP contribution in [-0.2, 0) is 4.79 Å². The lowest BCUT2D eigenvalue weighted by Crippen LogP contribution is -2.34. The number of benzene rings is 2. The molecule has 2 N–H and O–H groups in total. The fourth-order valence-electron chi connectivity index (χ4n) is 3.28. The van der Waals surface area contributed by atoms with Crippen LogP contribution in [-0.4, -0.2) is 28.9 Å². The van der Waals surface area contributed by atoms with E-state index in [0.29, 0.717) is 11.1 Å². The minimum Gasteiger partial charge on any atom is -0.343 e. The van der Waals surface area contributed by atoms with Crippen LogP contribution in [0, 0.1) is 18.7 Å². The molecule has 2 atom stereocenters. The van der Waals surface area contributed by atoms with Crippen molar-refractivity contribution in [3.63, 3.8) is 0 Å². The molecular weight excluding hydrogens is 518 g/mol. The van der Waals surface area contributed by atoms with Gasteiger partial charge in [0, 0.05) is 11.6 Å². The molecule has 0 bridgehead atoms. The number of anilines is 1. The highest BCUT2D eigenvalue weighted by molar-refractivity contribution is 6.53. The monoisotopic (exact) mass is 530 g/mol. The largest absolute Gasteiger partial charge is 0.405 e. The van der Waals surface area contributed by atoms with Gasteiger partial charge in [-0.25, -0.2) is 4.39 Å². The highest BCUT2D eigenvalue weighted by Gasteiger charge is 2.67. The number of aryl methyl sites for hydroxylation is 1. The van der Waals surface area contributed by atoms with Crippen molar-refractivity contribution in [1.82, 2.24) is 5.32 Å². The Balaban J connectivity index is 1.79. The van der Waals surface area contributed by atoms with Gasteiger partial charge in [0.05, 0.1) is 21.5 Å². The molecule has 3 rings (SSSR count). The van der Waals surface area contributed by atoms with Crippen LogP contribution in [0.4, 0.5) is 23.2 Å². The first-order chi connectivity index (χ1) is 14.7. The zero-order valence-electron chi connectivity index (χ0n) is 16.1. The number of rotatable bonds is 5. The maximum Gasteiger partial charge on any atom is 0.405 e. The van der Waals surface area contributed by atoms with Crippen LogP contribution in [0.25, 0.3) is 0 Å². The molecule has 32 heavy (non-hydrogen) atoms. The quantitative estimate of drug-likeness (QED) is 0.353. The summed E-state index contributed by atoms with van der Waals surface area (Å²) < 4.78 is 49.1. The average Bonchev–Trinajstić information content (AvgIpc) is 3.26. The molecule has 1 aliphatic carbocycles. The van der Waals surface area contributed by atoms with Crippen LogP contribution in [0.3, 0.4) is 0 Å². The number of alkyl halides is 5. The van der Waals surface area contributed by atoms with E-state index in [9.17, 15) is 27.2 Å². The number of hydrogen-bond acceptors (Lipinski definition) is 2. The molecule has 0 spiro atoms. The van der Waals surface area contributed by atoms with E-state index < -0.39 is 46.5 Å². The summed E-state index contributed by atoms with van der Waals surface area (Å²) in [6.07, 6.45) is -4.60. The van der Waals surface area contributed by atoms with Crippen molar-refractivity contribution >= 4 is 63.9 Å². The summed E-state index contributed by atoms with van der Waals surface area (Å²) in [4.78, 5) is 24.9. The molecule has 0 aromatic heterocycles. The number of hydrogen-bond donors (Lipinski definition) is 2. The molecule has 0 saturated heterocycles. The molecular formula is C20H14Cl4F4N2O2. The van der Waals surface area contributed by atoms with Crippen molar-refractivity contribution in [2.45, 2.75) is 23.4 Å². The standard InChI is InChI=1S/C20H14Cl4F4N2O2/c1-8-4-10(6-11(16(8)22)17(31)29-7-19(26,27)28)30-18(32)15-14(20(15,23)24)9-2-3-13(25)12(21)5-9/h2-6,14-15H,7H2,1H3,(H,29,31)(H,30,32)/t14-,15+/m0/s1. The van der Waals surface area contributed by atoms with E-state index in [1.807, 2.05) is 0 Å². The lowest BCUT2D eigenvalue weighted by atomic mass is 10.1. The summed E-state index contributed by atoms with van der Waals surface area (Å²) in [5, 5.41) is 4.06. The Morgan fingerprint density at radius 2 is 1.78 bits per heavy atom. The Labute approximate surface area is 200 Å².